The number of benzene rings is 2. The molecular formula is C22H18ClN3O5S. The summed E-state index contributed by atoms with van der Waals surface area (Å²) in [7, 11) is -2.25. The van der Waals surface area contributed by atoms with E-state index in [0.29, 0.717) is 22.2 Å². The Bertz CT molecular complexity index is 1290. The molecule has 0 atom stereocenters. The first kappa shape index (κ1) is 23.1. The smallest absolute Gasteiger partial charge is 0.266 e. The molecule has 1 amide bonds. The Labute approximate surface area is 190 Å². The van der Waals surface area contributed by atoms with Crippen molar-refractivity contribution in [3.63, 3.8) is 0 Å². The van der Waals surface area contributed by atoms with Crippen LogP contribution in [0.4, 0.5) is 5.69 Å². The predicted octanol–water partition coefficient (Wildman–Crippen LogP) is 3.97. The maximum atomic E-state index is 12.4. The van der Waals surface area contributed by atoms with Gasteiger partial charge in [0.15, 0.2) is 0 Å². The lowest BCUT2D eigenvalue weighted by atomic mass is 10.2. The first-order valence-electron chi connectivity index (χ1n) is 9.22. The average Bonchev–Trinajstić information content (AvgIpc) is 3.24. The Morgan fingerprint density at radius 2 is 1.94 bits per heavy atom. The molecule has 8 nitrogen and oxygen atoms in total. The largest absolute Gasteiger partial charge is 0.497 e. The van der Waals surface area contributed by atoms with Gasteiger partial charge in [-0.3, -0.25) is 4.79 Å². The van der Waals surface area contributed by atoms with E-state index in [9.17, 15) is 18.5 Å². The first-order valence-corrected chi connectivity index (χ1v) is 11.1. The van der Waals surface area contributed by atoms with Crippen molar-refractivity contribution in [1.29, 1.82) is 5.26 Å². The zero-order chi connectivity index (χ0) is 23.1. The van der Waals surface area contributed by atoms with Gasteiger partial charge < -0.3 is 14.5 Å². The van der Waals surface area contributed by atoms with E-state index in [1.165, 1.54) is 43.5 Å². The standard InChI is InChI=1S/C22H18ClN3O5S/c1-30-18-4-2-3-17(12-18)26-22(27)15(13-24)11-19-7-8-20(31-19)14-25-32(28,29)21-9-5-16(23)6-10-21/h2-12,25H,14H2,1H3,(H,26,27)/b15-11-. The molecule has 32 heavy (non-hydrogen) atoms. The summed E-state index contributed by atoms with van der Waals surface area (Å²) < 4.78 is 37.7. The third kappa shape index (κ3) is 5.98. The van der Waals surface area contributed by atoms with Gasteiger partial charge in [0, 0.05) is 22.9 Å². The number of nitrogens with one attached hydrogen (secondary N) is 2. The van der Waals surface area contributed by atoms with E-state index in [1.54, 1.807) is 30.3 Å². The molecule has 0 aliphatic rings. The maximum absolute atomic E-state index is 12.4. The first-order chi connectivity index (χ1) is 15.3. The van der Waals surface area contributed by atoms with Crippen LogP contribution in [-0.2, 0) is 21.4 Å². The number of halogens is 1. The molecule has 1 aromatic heterocycles. The second kappa shape index (κ2) is 10.2. The third-order valence-corrected chi connectivity index (χ3v) is 5.89. The number of rotatable bonds is 8. The number of carbonyl (C=O) groups is 1. The lowest BCUT2D eigenvalue weighted by Crippen LogP contribution is -2.22. The maximum Gasteiger partial charge on any atom is 0.266 e. The Kier molecular flexibility index (Phi) is 7.33. The Morgan fingerprint density at radius 1 is 1.19 bits per heavy atom. The van der Waals surface area contributed by atoms with Crippen molar-refractivity contribution >= 4 is 39.3 Å². The van der Waals surface area contributed by atoms with Gasteiger partial charge in [-0.1, -0.05) is 17.7 Å². The normalized spacial score (nSPS) is 11.6. The molecule has 3 aromatic rings. The number of nitriles is 1. The average molecular weight is 472 g/mol. The van der Waals surface area contributed by atoms with Gasteiger partial charge in [0.05, 0.1) is 18.6 Å². The molecule has 0 radical (unpaired) electrons. The predicted molar refractivity (Wildman–Crippen MR) is 119 cm³/mol. The number of hydrogen-bond acceptors (Lipinski definition) is 6. The summed E-state index contributed by atoms with van der Waals surface area (Å²) >= 11 is 5.78. The second-order valence-corrected chi connectivity index (χ2v) is 8.64. The number of methoxy groups -OCH3 is 1. The quantitative estimate of drug-likeness (QED) is 0.378. The second-order valence-electron chi connectivity index (χ2n) is 6.44. The third-order valence-electron chi connectivity index (χ3n) is 4.22. The van der Waals surface area contributed by atoms with Crippen molar-refractivity contribution in [2.45, 2.75) is 11.4 Å². The summed E-state index contributed by atoms with van der Waals surface area (Å²) in [5.74, 6) is 0.464. The van der Waals surface area contributed by atoms with E-state index in [1.807, 2.05) is 6.07 Å². The van der Waals surface area contributed by atoms with Crippen LogP contribution in [0, 0.1) is 11.3 Å². The molecule has 0 unspecified atom stereocenters. The lowest BCUT2D eigenvalue weighted by Gasteiger charge is -2.06. The van der Waals surface area contributed by atoms with Crippen molar-refractivity contribution in [2.75, 3.05) is 12.4 Å². The highest BCUT2D eigenvalue weighted by Crippen LogP contribution is 2.19. The number of sulfonamides is 1. The number of nitrogens with zero attached hydrogens (tertiary/aromatic N) is 1. The van der Waals surface area contributed by atoms with Crippen LogP contribution in [0.1, 0.15) is 11.5 Å². The van der Waals surface area contributed by atoms with E-state index < -0.39 is 15.9 Å². The summed E-state index contributed by atoms with van der Waals surface area (Å²) in [4.78, 5) is 12.5. The number of furan rings is 1. The molecular weight excluding hydrogens is 454 g/mol. The van der Waals surface area contributed by atoms with Crippen molar-refractivity contribution in [2.24, 2.45) is 0 Å². The highest BCUT2D eigenvalue weighted by Gasteiger charge is 2.15. The van der Waals surface area contributed by atoms with Gasteiger partial charge >= 0.3 is 0 Å². The highest BCUT2D eigenvalue weighted by molar-refractivity contribution is 7.89. The molecule has 0 fully saturated rings. The number of anilines is 1. The van der Waals surface area contributed by atoms with E-state index >= 15 is 0 Å². The summed E-state index contributed by atoms with van der Waals surface area (Å²) in [5, 5.41) is 12.4. The molecule has 2 N–H and O–H groups in total. The Hall–Kier alpha value is -3.58. The molecule has 0 saturated heterocycles. The number of hydrogen-bond donors (Lipinski definition) is 2. The van der Waals surface area contributed by atoms with Crippen LogP contribution in [0.15, 0.2) is 75.5 Å². The SMILES string of the molecule is COc1cccc(NC(=O)/C(C#N)=C\c2ccc(CNS(=O)(=O)c3ccc(Cl)cc3)o2)c1. The molecule has 0 aliphatic carbocycles. The molecule has 2 aromatic carbocycles. The van der Waals surface area contributed by atoms with Crippen molar-refractivity contribution < 1.29 is 22.4 Å². The zero-order valence-corrected chi connectivity index (χ0v) is 18.4. The number of carbonyl (C=O) groups excluding carboxylic acids is 1. The molecule has 10 heteroatoms. The monoisotopic (exact) mass is 471 g/mol. The van der Waals surface area contributed by atoms with Gasteiger partial charge in [-0.05, 0) is 48.5 Å². The minimum Gasteiger partial charge on any atom is -0.497 e. The lowest BCUT2D eigenvalue weighted by molar-refractivity contribution is -0.112. The van der Waals surface area contributed by atoms with Crippen molar-refractivity contribution in [3.8, 4) is 11.8 Å². The van der Waals surface area contributed by atoms with Crippen LogP contribution in [0.3, 0.4) is 0 Å². The highest BCUT2D eigenvalue weighted by atomic mass is 35.5. The summed E-state index contributed by atoms with van der Waals surface area (Å²) in [6, 6.07) is 17.3. The van der Waals surface area contributed by atoms with Gasteiger partial charge in [-0.2, -0.15) is 5.26 Å². The Balaban J connectivity index is 1.67. The van der Waals surface area contributed by atoms with Crippen LogP contribution >= 0.6 is 11.6 Å². The fourth-order valence-electron chi connectivity index (χ4n) is 2.62. The zero-order valence-electron chi connectivity index (χ0n) is 16.8. The molecule has 1 heterocycles. The molecule has 3 rings (SSSR count). The van der Waals surface area contributed by atoms with Crippen molar-refractivity contribution in [3.05, 3.63) is 82.8 Å². The molecule has 0 saturated carbocycles. The fourth-order valence-corrected chi connectivity index (χ4v) is 3.74. The van der Waals surface area contributed by atoms with Gasteiger partial charge in [-0.25, -0.2) is 13.1 Å². The molecule has 0 spiro atoms. The van der Waals surface area contributed by atoms with E-state index in [0.717, 1.165) is 0 Å². The van der Waals surface area contributed by atoms with Crippen LogP contribution in [-0.4, -0.2) is 21.4 Å². The topological polar surface area (TPSA) is 121 Å². The fraction of sp³-hybridized carbons (Fsp3) is 0.0909. The van der Waals surface area contributed by atoms with E-state index in [-0.39, 0.29) is 22.8 Å². The summed E-state index contributed by atoms with van der Waals surface area (Å²) in [5.41, 5.74) is 0.280. The van der Waals surface area contributed by atoms with Crippen LogP contribution in [0.5, 0.6) is 5.75 Å². The summed E-state index contributed by atoms with van der Waals surface area (Å²) in [6.45, 7) is -0.114. The molecule has 0 bridgehead atoms. The number of amides is 1. The van der Waals surface area contributed by atoms with Gasteiger partial charge in [0.2, 0.25) is 10.0 Å². The van der Waals surface area contributed by atoms with Gasteiger partial charge in [0.1, 0.15) is 28.9 Å². The molecule has 0 aliphatic heterocycles. The van der Waals surface area contributed by atoms with Gasteiger partial charge in [-0.15, -0.1) is 0 Å². The molecule has 164 valence electrons. The Morgan fingerprint density at radius 3 is 2.62 bits per heavy atom. The van der Waals surface area contributed by atoms with Crippen LogP contribution in [0.2, 0.25) is 5.02 Å². The van der Waals surface area contributed by atoms with Crippen LogP contribution in [0.25, 0.3) is 6.08 Å². The van der Waals surface area contributed by atoms with E-state index in [4.69, 9.17) is 20.8 Å². The minimum atomic E-state index is -3.76. The van der Waals surface area contributed by atoms with Crippen molar-refractivity contribution in [1.82, 2.24) is 4.72 Å². The minimum absolute atomic E-state index is 0.0644. The summed E-state index contributed by atoms with van der Waals surface area (Å²) in [6.07, 6.45) is 1.27. The van der Waals surface area contributed by atoms with Gasteiger partial charge in [0.25, 0.3) is 5.91 Å². The van der Waals surface area contributed by atoms with Crippen LogP contribution < -0.4 is 14.8 Å². The van der Waals surface area contributed by atoms with E-state index in [2.05, 4.69) is 10.0 Å². The number of ether oxygens (including phenoxy) is 1.